The van der Waals surface area contributed by atoms with Crippen LogP contribution < -0.4 is 0 Å². The fourth-order valence-corrected chi connectivity index (χ4v) is 2.51. The Morgan fingerprint density at radius 1 is 1.35 bits per heavy atom. The molecule has 3 heterocycles. The fourth-order valence-electron chi connectivity index (χ4n) is 2.20. The highest BCUT2D eigenvalue weighted by Gasteiger charge is 2.16. The average Bonchev–Trinajstić information content (AvgIpc) is 3.09. The molecular weight excluding hydrogens is 272 g/mol. The SMILES string of the molecule is CC(Cc1ccco1)n1c(-c2ccccn2)n[nH]c1=S. The molecule has 102 valence electrons. The highest BCUT2D eigenvalue weighted by molar-refractivity contribution is 7.71. The standard InChI is InChI=1S/C14H14N4OS/c1-10(9-11-5-4-8-19-11)18-13(16-17-14(18)20)12-6-2-3-7-15-12/h2-8,10H,9H2,1H3,(H,17,20). The first-order valence-corrected chi connectivity index (χ1v) is 6.77. The van der Waals surface area contributed by atoms with Gasteiger partial charge in [0.1, 0.15) is 11.5 Å². The summed E-state index contributed by atoms with van der Waals surface area (Å²) in [5.74, 6) is 1.67. The quantitative estimate of drug-likeness (QED) is 0.747. The van der Waals surface area contributed by atoms with Gasteiger partial charge in [-0.1, -0.05) is 6.07 Å². The predicted octanol–water partition coefficient (Wildman–Crippen LogP) is 3.40. The van der Waals surface area contributed by atoms with E-state index < -0.39 is 0 Å². The maximum absolute atomic E-state index is 5.39. The average molecular weight is 286 g/mol. The maximum atomic E-state index is 5.39. The predicted molar refractivity (Wildman–Crippen MR) is 77.8 cm³/mol. The normalized spacial score (nSPS) is 12.4. The van der Waals surface area contributed by atoms with Crippen LogP contribution in [-0.2, 0) is 6.42 Å². The van der Waals surface area contributed by atoms with Crippen molar-refractivity contribution < 1.29 is 4.42 Å². The minimum Gasteiger partial charge on any atom is -0.469 e. The van der Waals surface area contributed by atoms with Crippen molar-refractivity contribution >= 4 is 12.2 Å². The molecule has 1 unspecified atom stereocenters. The van der Waals surface area contributed by atoms with E-state index in [-0.39, 0.29) is 6.04 Å². The van der Waals surface area contributed by atoms with Crippen LogP contribution in [0, 0.1) is 4.77 Å². The van der Waals surface area contributed by atoms with Gasteiger partial charge in [0, 0.05) is 18.7 Å². The molecule has 0 radical (unpaired) electrons. The lowest BCUT2D eigenvalue weighted by atomic mass is 10.2. The molecule has 1 atom stereocenters. The Bertz CT molecular complexity index is 730. The van der Waals surface area contributed by atoms with E-state index >= 15 is 0 Å². The molecule has 3 aromatic rings. The van der Waals surface area contributed by atoms with Gasteiger partial charge in [-0.25, -0.2) is 0 Å². The van der Waals surface area contributed by atoms with Crippen molar-refractivity contribution in [1.82, 2.24) is 19.7 Å². The van der Waals surface area contributed by atoms with Crippen LogP contribution in [-0.4, -0.2) is 19.7 Å². The zero-order valence-corrected chi connectivity index (χ0v) is 11.8. The Hall–Kier alpha value is -2.21. The Morgan fingerprint density at radius 2 is 2.25 bits per heavy atom. The molecule has 1 N–H and O–H groups in total. The Balaban J connectivity index is 1.97. The number of nitrogens with zero attached hydrogens (tertiary/aromatic N) is 3. The van der Waals surface area contributed by atoms with Gasteiger partial charge in [0.25, 0.3) is 0 Å². The lowest BCUT2D eigenvalue weighted by Crippen LogP contribution is -2.10. The summed E-state index contributed by atoms with van der Waals surface area (Å²) in [4.78, 5) is 4.33. The maximum Gasteiger partial charge on any atom is 0.195 e. The number of pyridine rings is 1. The lowest BCUT2D eigenvalue weighted by Gasteiger charge is -2.14. The molecule has 0 fully saturated rings. The molecular formula is C14H14N4OS. The second-order valence-corrected chi connectivity index (χ2v) is 4.96. The zero-order chi connectivity index (χ0) is 13.9. The number of rotatable bonds is 4. The van der Waals surface area contributed by atoms with Crippen molar-refractivity contribution in [3.05, 3.63) is 53.3 Å². The van der Waals surface area contributed by atoms with Crippen LogP contribution >= 0.6 is 12.2 Å². The van der Waals surface area contributed by atoms with E-state index in [1.807, 2.05) is 34.9 Å². The minimum absolute atomic E-state index is 0.129. The smallest absolute Gasteiger partial charge is 0.195 e. The summed E-state index contributed by atoms with van der Waals surface area (Å²) in [6.07, 6.45) is 4.17. The number of aromatic amines is 1. The number of hydrogen-bond acceptors (Lipinski definition) is 4. The van der Waals surface area contributed by atoms with Crippen molar-refractivity contribution in [2.24, 2.45) is 0 Å². The molecule has 0 aliphatic heterocycles. The molecule has 0 saturated heterocycles. The fraction of sp³-hybridized carbons (Fsp3) is 0.214. The largest absolute Gasteiger partial charge is 0.469 e. The molecule has 0 aliphatic carbocycles. The van der Waals surface area contributed by atoms with Crippen LogP contribution in [0.3, 0.4) is 0 Å². The molecule has 3 rings (SSSR count). The molecule has 20 heavy (non-hydrogen) atoms. The number of furan rings is 1. The van der Waals surface area contributed by atoms with Gasteiger partial charge >= 0.3 is 0 Å². The van der Waals surface area contributed by atoms with E-state index in [1.165, 1.54) is 0 Å². The van der Waals surface area contributed by atoms with E-state index in [1.54, 1.807) is 12.5 Å². The zero-order valence-electron chi connectivity index (χ0n) is 11.0. The molecule has 0 spiro atoms. The van der Waals surface area contributed by atoms with Crippen LogP contribution in [0.4, 0.5) is 0 Å². The van der Waals surface area contributed by atoms with Crippen molar-refractivity contribution in [2.45, 2.75) is 19.4 Å². The number of hydrogen-bond donors (Lipinski definition) is 1. The molecule has 0 amide bonds. The second-order valence-electron chi connectivity index (χ2n) is 4.57. The van der Waals surface area contributed by atoms with Crippen molar-refractivity contribution in [3.63, 3.8) is 0 Å². The molecule has 3 aromatic heterocycles. The van der Waals surface area contributed by atoms with Gasteiger partial charge in [0.05, 0.1) is 6.26 Å². The van der Waals surface area contributed by atoms with Crippen molar-refractivity contribution in [1.29, 1.82) is 0 Å². The molecule has 0 aliphatic rings. The van der Waals surface area contributed by atoms with E-state index in [0.717, 1.165) is 23.7 Å². The second kappa shape index (κ2) is 5.42. The summed E-state index contributed by atoms with van der Waals surface area (Å²) in [7, 11) is 0. The van der Waals surface area contributed by atoms with Gasteiger partial charge in [-0.15, -0.1) is 0 Å². The highest BCUT2D eigenvalue weighted by atomic mass is 32.1. The molecule has 5 nitrogen and oxygen atoms in total. The van der Waals surface area contributed by atoms with Crippen LogP contribution in [0.5, 0.6) is 0 Å². The van der Waals surface area contributed by atoms with Gasteiger partial charge in [-0.2, -0.15) is 5.10 Å². The summed E-state index contributed by atoms with van der Waals surface area (Å²) in [6, 6.07) is 9.70. The van der Waals surface area contributed by atoms with Crippen LogP contribution in [0.25, 0.3) is 11.5 Å². The first kappa shape index (κ1) is 12.8. The Kier molecular flexibility index (Phi) is 3.47. The van der Waals surface area contributed by atoms with E-state index in [0.29, 0.717) is 4.77 Å². The van der Waals surface area contributed by atoms with Gasteiger partial charge in [-0.05, 0) is 43.4 Å². The molecule has 0 bridgehead atoms. The third kappa shape index (κ3) is 2.42. The van der Waals surface area contributed by atoms with Crippen molar-refractivity contribution in [2.75, 3.05) is 0 Å². The van der Waals surface area contributed by atoms with Gasteiger partial charge in [0.15, 0.2) is 10.6 Å². The van der Waals surface area contributed by atoms with E-state index in [9.17, 15) is 0 Å². The molecule has 0 aromatic carbocycles. The summed E-state index contributed by atoms with van der Waals surface area (Å²) in [6.45, 7) is 2.08. The molecule has 6 heteroatoms. The first-order chi connectivity index (χ1) is 9.75. The third-order valence-electron chi connectivity index (χ3n) is 3.12. The van der Waals surface area contributed by atoms with Gasteiger partial charge < -0.3 is 4.42 Å². The monoisotopic (exact) mass is 286 g/mol. The lowest BCUT2D eigenvalue weighted by molar-refractivity contribution is 0.448. The van der Waals surface area contributed by atoms with Crippen LogP contribution in [0.15, 0.2) is 47.2 Å². The first-order valence-electron chi connectivity index (χ1n) is 6.36. The summed E-state index contributed by atoms with van der Waals surface area (Å²) in [5.41, 5.74) is 0.797. The van der Waals surface area contributed by atoms with E-state index in [2.05, 4.69) is 22.1 Å². The third-order valence-corrected chi connectivity index (χ3v) is 3.40. The van der Waals surface area contributed by atoms with Gasteiger partial charge in [-0.3, -0.25) is 14.6 Å². The number of aromatic nitrogens is 4. The number of nitrogens with one attached hydrogen (secondary N) is 1. The summed E-state index contributed by atoms with van der Waals surface area (Å²) < 4.78 is 7.95. The highest BCUT2D eigenvalue weighted by Crippen LogP contribution is 2.22. The number of H-pyrrole nitrogens is 1. The van der Waals surface area contributed by atoms with Crippen molar-refractivity contribution in [3.8, 4) is 11.5 Å². The van der Waals surface area contributed by atoms with Crippen LogP contribution in [0.1, 0.15) is 18.7 Å². The minimum atomic E-state index is 0.129. The van der Waals surface area contributed by atoms with Gasteiger partial charge in [0.2, 0.25) is 0 Å². The summed E-state index contributed by atoms with van der Waals surface area (Å²) in [5, 5.41) is 7.13. The van der Waals surface area contributed by atoms with Crippen LogP contribution in [0.2, 0.25) is 0 Å². The van der Waals surface area contributed by atoms with E-state index in [4.69, 9.17) is 16.6 Å². The molecule has 0 saturated carbocycles. The summed E-state index contributed by atoms with van der Waals surface area (Å²) >= 11 is 5.33. The Labute approximate surface area is 121 Å². The Morgan fingerprint density at radius 3 is 2.95 bits per heavy atom. The topological polar surface area (TPSA) is 59.6 Å².